The lowest BCUT2D eigenvalue weighted by atomic mass is 10.1. The first-order valence-electron chi connectivity index (χ1n) is 9.45. The number of amides is 1. The molecule has 0 saturated carbocycles. The van der Waals surface area contributed by atoms with Gasteiger partial charge in [-0.15, -0.1) is 5.10 Å². The summed E-state index contributed by atoms with van der Waals surface area (Å²) >= 11 is 12.5. The van der Waals surface area contributed by atoms with Crippen LogP contribution in [0.25, 0.3) is 22.3 Å². The number of alkyl halides is 3. The SMILES string of the molecule is CC(NC(=O)C=Cc1c(-c2ccc(Cl)c(Cl)c2)nc2sc(C(F)(F)F)nn12)c1ccccn1. The molecule has 0 aliphatic heterocycles. The lowest BCUT2D eigenvalue weighted by Gasteiger charge is -2.11. The summed E-state index contributed by atoms with van der Waals surface area (Å²) < 4.78 is 40.5. The van der Waals surface area contributed by atoms with Gasteiger partial charge in [0.25, 0.3) is 0 Å². The molecule has 0 aliphatic rings. The number of hydrogen-bond acceptors (Lipinski definition) is 5. The number of benzene rings is 1. The zero-order chi connectivity index (χ0) is 23.8. The minimum absolute atomic E-state index is 0.0188. The van der Waals surface area contributed by atoms with Crippen LogP contribution in [0.5, 0.6) is 0 Å². The molecule has 1 N–H and O–H groups in total. The molecule has 4 aromatic rings. The van der Waals surface area contributed by atoms with E-state index in [1.54, 1.807) is 49.5 Å². The second-order valence-corrected chi connectivity index (χ2v) is 8.66. The average Bonchev–Trinajstić information content (AvgIpc) is 3.33. The second kappa shape index (κ2) is 9.12. The van der Waals surface area contributed by atoms with E-state index in [0.29, 0.717) is 33.3 Å². The first-order chi connectivity index (χ1) is 15.6. The fourth-order valence-electron chi connectivity index (χ4n) is 3.01. The number of imidazole rings is 1. The van der Waals surface area contributed by atoms with Gasteiger partial charge in [-0.3, -0.25) is 9.78 Å². The van der Waals surface area contributed by atoms with Crippen molar-refractivity contribution in [1.29, 1.82) is 0 Å². The van der Waals surface area contributed by atoms with E-state index in [9.17, 15) is 18.0 Å². The van der Waals surface area contributed by atoms with Crippen molar-refractivity contribution in [2.24, 2.45) is 0 Å². The number of halogens is 5. The normalized spacial score (nSPS) is 13.0. The Labute approximate surface area is 199 Å². The van der Waals surface area contributed by atoms with Crippen molar-refractivity contribution in [3.8, 4) is 11.3 Å². The molecule has 0 spiro atoms. The molecule has 0 saturated heterocycles. The van der Waals surface area contributed by atoms with Crippen LogP contribution < -0.4 is 5.32 Å². The maximum Gasteiger partial charge on any atom is 0.445 e. The topological polar surface area (TPSA) is 72.2 Å². The minimum Gasteiger partial charge on any atom is -0.344 e. The number of aromatic nitrogens is 4. The van der Waals surface area contributed by atoms with E-state index in [2.05, 4.69) is 20.4 Å². The monoisotopic (exact) mass is 511 g/mol. The summed E-state index contributed by atoms with van der Waals surface area (Å²) in [6.07, 6.45) is -0.443. The summed E-state index contributed by atoms with van der Waals surface area (Å²) in [5.74, 6) is -0.463. The molecule has 3 aromatic heterocycles. The molecule has 4 rings (SSSR count). The Hall–Kier alpha value is -2.95. The standard InChI is InChI=1S/C21H14Cl2F3N5OS/c1-11(15-4-2-3-9-27-15)28-17(32)8-7-16-18(12-5-6-13(22)14(23)10-12)29-20-31(16)30-19(33-20)21(24,25)26/h2-11H,1H3,(H,28,32). The molecular formula is C21H14Cl2F3N5OS. The van der Waals surface area contributed by atoms with Crippen LogP contribution >= 0.6 is 34.5 Å². The fraction of sp³-hybridized carbons (Fsp3) is 0.143. The highest BCUT2D eigenvalue weighted by molar-refractivity contribution is 7.16. The first-order valence-corrected chi connectivity index (χ1v) is 11.0. The van der Waals surface area contributed by atoms with Crippen molar-refractivity contribution in [3.05, 3.63) is 75.1 Å². The number of carbonyl (C=O) groups is 1. The van der Waals surface area contributed by atoms with Crippen molar-refractivity contribution in [2.75, 3.05) is 0 Å². The molecule has 1 amide bonds. The van der Waals surface area contributed by atoms with E-state index in [1.165, 1.54) is 12.2 Å². The van der Waals surface area contributed by atoms with Gasteiger partial charge in [0.05, 0.1) is 33.2 Å². The largest absolute Gasteiger partial charge is 0.445 e. The Bertz CT molecular complexity index is 1350. The molecule has 0 radical (unpaired) electrons. The number of nitrogens with zero attached hydrogens (tertiary/aromatic N) is 4. The van der Waals surface area contributed by atoms with Gasteiger partial charge in [0.15, 0.2) is 0 Å². The molecule has 1 aromatic carbocycles. The van der Waals surface area contributed by atoms with Crippen molar-refractivity contribution in [3.63, 3.8) is 0 Å². The van der Waals surface area contributed by atoms with E-state index in [4.69, 9.17) is 23.2 Å². The number of pyridine rings is 1. The summed E-state index contributed by atoms with van der Waals surface area (Å²) in [4.78, 5) is 21.0. The minimum atomic E-state index is -4.62. The number of rotatable bonds is 5. The van der Waals surface area contributed by atoms with Crippen LogP contribution in [-0.2, 0) is 11.0 Å². The van der Waals surface area contributed by atoms with E-state index in [1.807, 2.05) is 0 Å². The highest BCUT2D eigenvalue weighted by Gasteiger charge is 2.36. The highest BCUT2D eigenvalue weighted by Crippen LogP contribution is 2.36. The van der Waals surface area contributed by atoms with Gasteiger partial charge in [0.2, 0.25) is 15.9 Å². The third-order valence-corrected chi connectivity index (χ3v) is 6.25. The second-order valence-electron chi connectivity index (χ2n) is 6.89. The molecule has 6 nitrogen and oxygen atoms in total. The third-order valence-electron chi connectivity index (χ3n) is 4.56. The molecule has 3 heterocycles. The zero-order valence-corrected chi connectivity index (χ0v) is 19.1. The lowest BCUT2D eigenvalue weighted by Crippen LogP contribution is -2.25. The van der Waals surface area contributed by atoms with Crippen molar-refractivity contribution in [2.45, 2.75) is 19.1 Å². The quantitative estimate of drug-likeness (QED) is 0.330. The van der Waals surface area contributed by atoms with Gasteiger partial charge >= 0.3 is 6.18 Å². The molecule has 170 valence electrons. The first kappa shape index (κ1) is 23.2. The Balaban J connectivity index is 1.71. The molecule has 33 heavy (non-hydrogen) atoms. The van der Waals surface area contributed by atoms with Crippen LogP contribution in [0.1, 0.15) is 29.4 Å². The third kappa shape index (κ3) is 5.02. The molecule has 1 unspecified atom stereocenters. The van der Waals surface area contributed by atoms with Crippen LogP contribution in [0.4, 0.5) is 13.2 Å². The maximum absolute atomic E-state index is 13.2. The van der Waals surface area contributed by atoms with Gasteiger partial charge in [-0.2, -0.15) is 13.2 Å². The molecule has 0 fully saturated rings. The predicted octanol–water partition coefficient (Wildman–Crippen LogP) is 6.07. The smallest absolute Gasteiger partial charge is 0.344 e. The molecule has 0 bridgehead atoms. The fourth-order valence-corrected chi connectivity index (χ4v) is 4.08. The predicted molar refractivity (Wildman–Crippen MR) is 121 cm³/mol. The summed E-state index contributed by atoms with van der Waals surface area (Å²) in [6.45, 7) is 1.77. The van der Waals surface area contributed by atoms with Crippen molar-refractivity contribution < 1.29 is 18.0 Å². The van der Waals surface area contributed by atoms with E-state index in [-0.39, 0.29) is 21.7 Å². The zero-order valence-electron chi connectivity index (χ0n) is 16.8. The Kier molecular flexibility index (Phi) is 6.42. The van der Waals surface area contributed by atoms with E-state index >= 15 is 0 Å². The number of fused-ring (bicyclic) bond motifs is 1. The Morgan fingerprint density at radius 1 is 1.21 bits per heavy atom. The average molecular weight is 512 g/mol. The molecule has 0 aliphatic carbocycles. The summed E-state index contributed by atoms with van der Waals surface area (Å²) in [6, 6.07) is 9.68. The van der Waals surface area contributed by atoms with E-state index in [0.717, 1.165) is 4.52 Å². The van der Waals surface area contributed by atoms with Crippen LogP contribution in [0, 0.1) is 0 Å². The van der Waals surface area contributed by atoms with E-state index < -0.39 is 17.1 Å². The van der Waals surface area contributed by atoms with Crippen molar-refractivity contribution >= 4 is 51.5 Å². The number of hydrogen-bond donors (Lipinski definition) is 1. The number of nitrogens with one attached hydrogen (secondary N) is 1. The Morgan fingerprint density at radius 3 is 2.67 bits per heavy atom. The summed E-state index contributed by atoms with van der Waals surface area (Å²) in [5.41, 5.74) is 1.67. The van der Waals surface area contributed by atoms with Crippen LogP contribution in [-0.4, -0.2) is 25.5 Å². The van der Waals surface area contributed by atoms with Gasteiger partial charge in [-0.1, -0.05) is 46.7 Å². The molecule has 12 heteroatoms. The maximum atomic E-state index is 13.2. The van der Waals surface area contributed by atoms with Crippen LogP contribution in [0.3, 0.4) is 0 Å². The van der Waals surface area contributed by atoms with Gasteiger partial charge < -0.3 is 5.32 Å². The van der Waals surface area contributed by atoms with Crippen molar-refractivity contribution in [1.82, 2.24) is 24.9 Å². The van der Waals surface area contributed by atoms with Crippen LogP contribution in [0.15, 0.2) is 48.7 Å². The van der Waals surface area contributed by atoms with Crippen LogP contribution in [0.2, 0.25) is 10.0 Å². The molecule has 1 atom stereocenters. The summed E-state index contributed by atoms with van der Waals surface area (Å²) in [5, 5.41) is 5.94. The van der Waals surface area contributed by atoms with Gasteiger partial charge in [0.1, 0.15) is 0 Å². The van der Waals surface area contributed by atoms with Gasteiger partial charge in [-0.05, 0) is 37.3 Å². The molecular weight excluding hydrogens is 498 g/mol. The Morgan fingerprint density at radius 2 is 2.00 bits per heavy atom. The lowest BCUT2D eigenvalue weighted by molar-refractivity contribution is -0.138. The van der Waals surface area contributed by atoms with Gasteiger partial charge in [0, 0.05) is 17.8 Å². The van der Waals surface area contributed by atoms with Gasteiger partial charge in [-0.25, -0.2) is 9.50 Å². The number of carbonyl (C=O) groups excluding carboxylic acids is 1. The summed E-state index contributed by atoms with van der Waals surface area (Å²) in [7, 11) is 0. The highest BCUT2D eigenvalue weighted by atomic mass is 35.5.